The lowest BCUT2D eigenvalue weighted by Gasteiger charge is -2.35. The Morgan fingerprint density at radius 1 is 1.15 bits per heavy atom. The first-order valence-electron chi connectivity index (χ1n) is 11.2. The molecule has 0 radical (unpaired) electrons. The van der Waals surface area contributed by atoms with Crippen molar-refractivity contribution in [2.24, 2.45) is 5.92 Å². The topological polar surface area (TPSA) is 126 Å². The predicted octanol–water partition coefficient (Wildman–Crippen LogP) is 2.10. The summed E-state index contributed by atoms with van der Waals surface area (Å²) in [6, 6.07) is 7.42. The van der Waals surface area contributed by atoms with Crippen LogP contribution in [0, 0.1) is 12.8 Å². The van der Waals surface area contributed by atoms with E-state index >= 15 is 0 Å². The molecule has 3 aromatic heterocycles. The first kappa shape index (κ1) is 22.0. The number of ether oxygens (including phenoxy) is 1. The molecule has 11 heteroatoms. The number of methoxy groups -OCH3 is 1. The second kappa shape index (κ2) is 8.82. The van der Waals surface area contributed by atoms with Crippen molar-refractivity contribution in [2.45, 2.75) is 26.8 Å². The zero-order valence-electron chi connectivity index (χ0n) is 19.6. The normalized spacial score (nSPS) is 16.4. The third-order valence-electron chi connectivity index (χ3n) is 6.02. The van der Waals surface area contributed by atoms with Gasteiger partial charge in [0.1, 0.15) is 11.4 Å². The van der Waals surface area contributed by atoms with Gasteiger partial charge in [0.05, 0.1) is 19.0 Å². The summed E-state index contributed by atoms with van der Waals surface area (Å²) >= 11 is 0. The third-order valence-corrected chi connectivity index (χ3v) is 6.02. The molecule has 176 valence electrons. The summed E-state index contributed by atoms with van der Waals surface area (Å²) in [6.45, 7) is 8.74. The smallest absolute Gasteiger partial charge is 0.245 e. The molecule has 1 atom stereocenters. The number of aromatic nitrogens is 7. The van der Waals surface area contributed by atoms with Crippen LogP contribution in [0.2, 0.25) is 0 Å². The van der Waals surface area contributed by atoms with Gasteiger partial charge in [-0.25, -0.2) is 9.97 Å². The predicted molar refractivity (Wildman–Crippen MR) is 127 cm³/mol. The van der Waals surface area contributed by atoms with Gasteiger partial charge in [0.15, 0.2) is 11.6 Å². The van der Waals surface area contributed by atoms with E-state index < -0.39 is 0 Å². The summed E-state index contributed by atoms with van der Waals surface area (Å²) in [5.74, 6) is 2.32. The van der Waals surface area contributed by atoms with Crippen molar-refractivity contribution in [3.05, 3.63) is 36.3 Å². The average Bonchev–Trinajstić information content (AvgIpc) is 3.23. The van der Waals surface area contributed by atoms with Gasteiger partial charge in [0, 0.05) is 42.9 Å². The molecule has 1 aliphatic heterocycles. The van der Waals surface area contributed by atoms with Gasteiger partial charge in [-0.15, -0.1) is 25.0 Å². The van der Waals surface area contributed by atoms with E-state index in [9.17, 15) is 5.11 Å². The van der Waals surface area contributed by atoms with E-state index in [-0.39, 0.29) is 5.75 Å². The lowest BCUT2D eigenvalue weighted by molar-refractivity contribution is 0.365. The van der Waals surface area contributed by atoms with Gasteiger partial charge in [0.25, 0.3) is 0 Å². The molecule has 0 saturated carbocycles. The van der Waals surface area contributed by atoms with Crippen molar-refractivity contribution < 1.29 is 9.84 Å². The molecule has 1 aromatic carbocycles. The number of phenolic OH excluding ortho intramolecular Hbond substituents is 1. The fourth-order valence-corrected chi connectivity index (χ4v) is 4.09. The van der Waals surface area contributed by atoms with E-state index in [2.05, 4.69) is 54.4 Å². The highest BCUT2D eigenvalue weighted by Gasteiger charge is 2.24. The Hall–Kier alpha value is -3.86. The Morgan fingerprint density at radius 2 is 2.00 bits per heavy atom. The minimum atomic E-state index is 0.0547. The second-order valence-corrected chi connectivity index (χ2v) is 8.70. The number of rotatable bonds is 5. The van der Waals surface area contributed by atoms with Crippen LogP contribution in [0.15, 0.2) is 30.5 Å². The van der Waals surface area contributed by atoms with Crippen molar-refractivity contribution >= 4 is 11.6 Å². The first-order chi connectivity index (χ1) is 16.4. The molecule has 2 N–H and O–H groups in total. The van der Waals surface area contributed by atoms with Crippen LogP contribution in [-0.2, 0) is 0 Å². The fourth-order valence-electron chi connectivity index (χ4n) is 4.09. The summed E-state index contributed by atoms with van der Waals surface area (Å²) in [4.78, 5) is 11.0. The van der Waals surface area contributed by atoms with Gasteiger partial charge in [-0.2, -0.15) is 0 Å². The van der Waals surface area contributed by atoms with E-state index in [1.165, 1.54) is 4.63 Å². The lowest BCUT2D eigenvalue weighted by Crippen LogP contribution is -2.53. The van der Waals surface area contributed by atoms with Crippen LogP contribution in [0.25, 0.3) is 28.2 Å². The summed E-state index contributed by atoms with van der Waals surface area (Å²) in [6.07, 6.45) is 1.65. The summed E-state index contributed by atoms with van der Waals surface area (Å²) in [7, 11) is 1.57. The van der Waals surface area contributed by atoms with Crippen LogP contribution in [0.4, 0.5) is 5.95 Å². The highest BCUT2D eigenvalue weighted by atomic mass is 16.5. The largest absolute Gasteiger partial charge is 0.507 e. The SMILES string of the molecule is COc1cc(-c2ccc(-c3cnc(N4CCN[C@@H](C(C)C)C4)nn3)c(O)c2)nn2nc(C)nc12. The van der Waals surface area contributed by atoms with Gasteiger partial charge in [-0.05, 0) is 25.0 Å². The Bertz CT molecular complexity index is 1320. The standard InChI is InChI=1S/C23H27N9O2/c1-13(2)19-12-31(8-7-24-19)23-25-11-18(27-28-23)16-6-5-15(9-20(16)33)17-10-21(34-4)22-26-14(3)29-32(22)30-17/h5-6,9-11,13,19,24,33H,7-8,12H2,1-4H3/t19-/m1/s1. The van der Waals surface area contributed by atoms with Crippen molar-refractivity contribution in [2.75, 3.05) is 31.6 Å². The van der Waals surface area contributed by atoms with Crippen LogP contribution >= 0.6 is 0 Å². The minimum Gasteiger partial charge on any atom is -0.507 e. The minimum absolute atomic E-state index is 0.0547. The summed E-state index contributed by atoms with van der Waals surface area (Å²) in [5, 5.41) is 31.7. The summed E-state index contributed by atoms with van der Waals surface area (Å²) in [5.41, 5.74) is 2.87. The number of phenols is 1. The molecule has 0 spiro atoms. The first-order valence-corrected chi connectivity index (χ1v) is 11.2. The molecule has 1 saturated heterocycles. The molecule has 4 heterocycles. The number of anilines is 1. The van der Waals surface area contributed by atoms with Crippen molar-refractivity contribution in [1.29, 1.82) is 0 Å². The quantitative estimate of drug-likeness (QED) is 0.456. The van der Waals surface area contributed by atoms with Crippen LogP contribution in [0.5, 0.6) is 11.5 Å². The van der Waals surface area contributed by atoms with Crippen LogP contribution < -0.4 is 15.0 Å². The van der Waals surface area contributed by atoms with Gasteiger partial charge < -0.3 is 20.1 Å². The van der Waals surface area contributed by atoms with E-state index in [1.807, 2.05) is 6.07 Å². The molecule has 34 heavy (non-hydrogen) atoms. The number of hydrogen-bond donors (Lipinski definition) is 2. The number of piperazine rings is 1. The number of nitrogens with one attached hydrogen (secondary N) is 1. The zero-order valence-corrected chi connectivity index (χ0v) is 19.6. The van der Waals surface area contributed by atoms with E-state index in [1.54, 1.807) is 38.4 Å². The molecule has 11 nitrogen and oxygen atoms in total. The monoisotopic (exact) mass is 461 g/mol. The van der Waals surface area contributed by atoms with E-state index in [0.717, 1.165) is 19.6 Å². The van der Waals surface area contributed by atoms with E-state index in [0.29, 0.717) is 57.6 Å². The number of nitrogens with zero attached hydrogens (tertiary/aromatic N) is 8. The molecule has 0 aliphatic carbocycles. The fraction of sp³-hybridized carbons (Fsp3) is 0.391. The van der Waals surface area contributed by atoms with Gasteiger partial charge >= 0.3 is 0 Å². The molecule has 0 unspecified atom stereocenters. The molecule has 1 fully saturated rings. The van der Waals surface area contributed by atoms with Crippen LogP contribution in [0.1, 0.15) is 19.7 Å². The van der Waals surface area contributed by atoms with Gasteiger partial charge in [0.2, 0.25) is 11.6 Å². The van der Waals surface area contributed by atoms with Crippen molar-refractivity contribution in [1.82, 2.24) is 40.3 Å². The van der Waals surface area contributed by atoms with Crippen LogP contribution in [0.3, 0.4) is 0 Å². The van der Waals surface area contributed by atoms with Gasteiger partial charge in [-0.1, -0.05) is 19.9 Å². The van der Waals surface area contributed by atoms with Crippen molar-refractivity contribution in [3.63, 3.8) is 0 Å². The maximum absolute atomic E-state index is 10.8. The van der Waals surface area contributed by atoms with E-state index in [4.69, 9.17) is 4.74 Å². The Morgan fingerprint density at radius 3 is 2.71 bits per heavy atom. The molecule has 5 rings (SSSR count). The number of aryl methyl sites for hydroxylation is 1. The average molecular weight is 462 g/mol. The Kier molecular flexibility index (Phi) is 5.70. The lowest BCUT2D eigenvalue weighted by atomic mass is 10.0. The third kappa shape index (κ3) is 4.10. The zero-order chi connectivity index (χ0) is 23.8. The highest BCUT2D eigenvalue weighted by Crippen LogP contribution is 2.33. The molecule has 0 bridgehead atoms. The Balaban J connectivity index is 1.40. The second-order valence-electron chi connectivity index (χ2n) is 8.70. The molecule has 4 aromatic rings. The highest BCUT2D eigenvalue weighted by molar-refractivity contribution is 5.73. The summed E-state index contributed by atoms with van der Waals surface area (Å²) < 4.78 is 6.88. The maximum Gasteiger partial charge on any atom is 0.245 e. The molecule has 1 aliphatic rings. The maximum atomic E-state index is 10.8. The number of aromatic hydroxyl groups is 1. The van der Waals surface area contributed by atoms with Crippen LogP contribution in [-0.4, -0.2) is 72.9 Å². The molecule has 0 amide bonds. The van der Waals surface area contributed by atoms with Gasteiger partial charge in [-0.3, -0.25) is 0 Å². The number of fused-ring (bicyclic) bond motifs is 1. The molecular formula is C23H27N9O2. The number of benzene rings is 1. The Labute approximate surface area is 196 Å². The van der Waals surface area contributed by atoms with Crippen molar-refractivity contribution in [3.8, 4) is 34.0 Å². The number of hydrogen-bond acceptors (Lipinski definition) is 10. The molecular weight excluding hydrogens is 434 g/mol.